The first-order chi connectivity index (χ1) is 15.2. The number of hydrogen-bond donors (Lipinski definition) is 0. The Morgan fingerprint density at radius 1 is 1.06 bits per heavy atom. The maximum absolute atomic E-state index is 13.3. The molecule has 2 heterocycles. The zero-order valence-electron chi connectivity index (χ0n) is 18.4. The summed E-state index contributed by atoms with van der Waals surface area (Å²) in [5, 5.41) is 6.50. The molecule has 2 aromatic carbocycles. The number of carbonyl (C=O) groups excluding carboxylic acids is 1. The van der Waals surface area contributed by atoms with E-state index in [2.05, 4.69) is 4.90 Å². The van der Waals surface area contributed by atoms with E-state index in [1.165, 1.54) is 6.42 Å². The van der Waals surface area contributed by atoms with E-state index in [1.54, 1.807) is 12.1 Å². The van der Waals surface area contributed by atoms with Gasteiger partial charge in [0.1, 0.15) is 11.5 Å². The largest absolute Gasteiger partial charge is 0.497 e. The Morgan fingerprint density at radius 2 is 1.84 bits per heavy atom. The number of carbonyl (C=O) groups is 1. The van der Waals surface area contributed by atoms with E-state index in [-0.39, 0.29) is 11.9 Å². The van der Waals surface area contributed by atoms with E-state index in [0.29, 0.717) is 19.6 Å². The van der Waals surface area contributed by atoms with Crippen molar-refractivity contribution in [2.75, 3.05) is 33.4 Å². The van der Waals surface area contributed by atoms with E-state index in [1.807, 2.05) is 55.5 Å². The van der Waals surface area contributed by atoms with Crippen molar-refractivity contribution >= 4 is 11.6 Å². The lowest BCUT2D eigenvalue weighted by atomic mass is 9.98. The number of piperidine rings is 1. The summed E-state index contributed by atoms with van der Waals surface area (Å²) in [4.78, 5) is 15.5. The first-order valence-corrected chi connectivity index (χ1v) is 11.2. The molecule has 164 valence electrons. The summed E-state index contributed by atoms with van der Waals surface area (Å²) in [6, 6.07) is 15.8. The average Bonchev–Trinajstić information content (AvgIpc) is 3.26. The Kier molecular flexibility index (Phi) is 6.87. The van der Waals surface area contributed by atoms with Crippen LogP contribution in [0.4, 0.5) is 0 Å². The molecule has 0 saturated carbocycles. The molecule has 1 amide bonds. The van der Waals surface area contributed by atoms with Crippen molar-refractivity contribution in [2.24, 2.45) is 5.10 Å². The molecule has 31 heavy (non-hydrogen) atoms. The Labute approximate surface area is 184 Å². The lowest BCUT2D eigenvalue weighted by Crippen LogP contribution is -2.40. The minimum atomic E-state index is -0.117. The summed E-state index contributed by atoms with van der Waals surface area (Å²) in [6.07, 6.45) is 4.25. The molecular formula is C25H31N3O3. The van der Waals surface area contributed by atoms with Crippen LogP contribution >= 0.6 is 0 Å². The van der Waals surface area contributed by atoms with Crippen molar-refractivity contribution in [3.05, 3.63) is 59.7 Å². The van der Waals surface area contributed by atoms with E-state index >= 15 is 0 Å². The van der Waals surface area contributed by atoms with Gasteiger partial charge in [-0.25, -0.2) is 5.01 Å². The summed E-state index contributed by atoms with van der Waals surface area (Å²) >= 11 is 0. The minimum absolute atomic E-state index is 0.0543. The number of hydrogen-bond acceptors (Lipinski definition) is 5. The molecule has 6 nitrogen and oxygen atoms in total. The molecule has 0 bridgehead atoms. The monoisotopic (exact) mass is 421 g/mol. The molecule has 1 saturated heterocycles. The highest BCUT2D eigenvalue weighted by atomic mass is 16.5. The van der Waals surface area contributed by atoms with Gasteiger partial charge < -0.3 is 9.47 Å². The molecule has 0 unspecified atom stereocenters. The quantitative estimate of drug-likeness (QED) is 0.670. The molecular weight excluding hydrogens is 390 g/mol. The number of methoxy groups -OCH3 is 1. The number of amides is 1. The topological polar surface area (TPSA) is 54.4 Å². The number of ether oxygens (including phenoxy) is 2. The second-order valence-electron chi connectivity index (χ2n) is 8.08. The molecule has 0 N–H and O–H groups in total. The average molecular weight is 422 g/mol. The number of rotatable bonds is 7. The second kappa shape index (κ2) is 9.96. The fourth-order valence-electron chi connectivity index (χ4n) is 4.31. The number of benzene rings is 2. The van der Waals surface area contributed by atoms with Crippen LogP contribution in [0.2, 0.25) is 0 Å². The Morgan fingerprint density at radius 3 is 2.55 bits per heavy atom. The summed E-state index contributed by atoms with van der Waals surface area (Å²) in [6.45, 7) is 4.99. The van der Waals surface area contributed by atoms with Crippen LogP contribution in [-0.4, -0.2) is 54.9 Å². The molecule has 6 heteroatoms. The molecule has 0 aliphatic carbocycles. The van der Waals surface area contributed by atoms with Gasteiger partial charge in [-0.1, -0.05) is 30.7 Å². The van der Waals surface area contributed by atoms with Crippen LogP contribution in [0, 0.1) is 0 Å². The maximum atomic E-state index is 13.3. The number of nitrogens with zero attached hydrogens (tertiary/aromatic N) is 3. The van der Waals surface area contributed by atoms with E-state index in [0.717, 1.165) is 54.3 Å². The van der Waals surface area contributed by atoms with Gasteiger partial charge in [0.15, 0.2) is 0 Å². The Bertz CT molecular complexity index is 920. The van der Waals surface area contributed by atoms with Gasteiger partial charge in [0.05, 0.1) is 32.0 Å². The zero-order valence-corrected chi connectivity index (χ0v) is 18.4. The second-order valence-corrected chi connectivity index (χ2v) is 8.08. The Balaban J connectivity index is 1.59. The molecule has 2 aliphatic rings. The first-order valence-electron chi connectivity index (χ1n) is 11.2. The fraction of sp³-hybridized carbons (Fsp3) is 0.440. The van der Waals surface area contributed by atoms with E-state index in [4.69, 9.17) is 14.6 Å². The van der Waals surface area contributed by atoms with Crippen molar-refractivity contribution < 1.29 is 14.3 Å². The molecule has 0 radical (unpaired) electrons. The highest BCUT2D eigenvalue weighted by Crippen LogP contribution is 2.34. The SMILES string of the molecule is CCOc1ccc([C@@H]2CC(c3cccc(OC)c3)=NN2C(=O)CN2CCCCC2)cc1. The van der Waals surface area contributed by atoms with E-state index in [9.17, 15) is 4.79 Å². The van der Waals surface area contributed by atoms with Crippen molar-refractivity contribution in [2.45, 2.75) is 38.6 Å². The molecule has 4 rings (SSSR count). The molecule has 0 spiro atoms. The normalized spacial score (nSPS) is 19.2. The fourth-order valence-corrected chi connectivity index (χ4v) is 4.31. The van der Waals surface area contributed by atoms with Gasteiger partial charge >= 0.3 is 0 Å². The van der Waals surface area contributed by atoms with Gasteiger partial charge in [0.2, 0.25) is 0 Å². The van der Waals surface area contributed by atoms with Crippen LogP contribution < -0.4 is 9.47 Å². The van der Waals surface area contributed by atoms with Crippen LogP contribution in [0.5, 0.6) is 11.5 Å². The van der Waals surface area contributed by atoms with Gasteiger partial charge in [-0.3, -0.25) is 9.69 Å². The van der Waals surface area contributed by atoms with Crippen molar-refractivity contribution in [3.8, 4) is 11.5 Å². The summed E-state index contributed by atoms with van der Waals surface area (Å²) < 4.78 is 11.0. The van der Waals surface area contributed by atoms with E-state index < -0.39 is 0 Å². The predicted octanol–water partition coefficient (Wildman–Crippen LogP) is 4.26. The van der Waals surface area contributed by atoms with Crippen LogP contribution in [0.1, 0.15) is 49.8 Å². The first kappa shape index (κ1) is 21.4. The minimum Gasteiger partial charge on any atom is -0.497 e. The summed E-state index contributed by atoms with van der Waals surface area (Å²) in [5.41, 5.74) is 2.96. The lowest BCUT2D eigenvalue weighted by Gasteiger charge is -2.29. The highest BCUT2D eigenvalue weighted by molar-refractivity contribution is 6.03. The van der Waals surface area contributed by atoms with Crippen molar-refractivity contribution in [1.82, 2.24) is 9.91 Å². The van der Waals surface area contributed by atoms with Gasteiger partial charge in [-0.05, 0) is 62.7 Å². The summed E-state index contributed by atoms with van der Waals surface area (Å²) in [7, 11) is 1.66. The van der Waals surface area contributed by atoms with Crippen molar-refractivity contribution in [3.63, 3.8) is 0 Å². The lowest BCUT2D eigenvalue weighted by molar-refractivity contribution is -0.134. The highest BCUT2D eigenvalue weighted by Gasteiger charge is 2.34. The smallest absolute Gasteiger partial charge is 0.257 e. The molecule has 1 fully saturated rings. The number of likely N-dealkylation sites (tertiary alicyclic amines) is 1. The van der Waals surface area contributed by atoms with Crippen LogP contribution in [0.25, 0.3) is 0 Å². The molecule has 2 aliphatic heterocycles. The van der Waals surface area contributed by atoms with Crippen LogP contribution in [0.15, 0.2) is 53.6 Å². The number of hydrazone groups is 1. The zero-order chi connectivity index (χ0) is 21.6. The third kappa shape index (κ3) is 5.07. The predicted molar refractivity (Wildman–Crippen MR) is 122 cm³/mol. The molecule has 0 aromatic heterocycles. The van der Waals surface area contributed by atoms with Crippen molar-refractivity contribution in [1.29, 1.82) is 0 Å². The maximum Gasteiger partial charge on any atom is 0.257 e. The third-order valence-electron chi connectivity index (χ3n) is 5.95. The Hall–Kier alpha value is -2.86. The molecule has 2 aromatic rings. The standard InChI is InChI=1S/C25H31N3O3/c1-3-31-21-12-10-19(11-13-21)24-17-23(20-8-7-9-22(16-20)30-2)26-28(24)25(29)18-27-14-5-4-6-15-27/h7-13,16,24H,3-6,14-15,17-18H2,1-2H3/t24-/m0/s1. The van der Waals surface area contributed by atoms with Gasteiger partial charge in [0.25, 0.3) is 5.91 Å². The molecule has 1 atom stereocenters. The third-order valence-corrected chi connectivity index (χ3v) is 5.95. The van der Waals surface area contributed by atoms with Gasteiger partial charge in [0, 0.05) is 12.0 Å². The van der Waals surface area contributed by atoms with Crippen LogP contribution in [0.3, 0.4) is 0 Å². The van der Waals surface area contributed by atoms with Gasteiger partial charge in [-0.2, -0.15) is 5.10 Å². The van der Waals surface area contributed by atoms with Gasteiger partial charge in [-0.15, -0.1) is 0 Å². The van der Waals surface area contributed by atoms with Crippen LogP contribution in [-0.2, 0) is 4.79 Å². The summed E-state index contributed by atoms with van der Waals surface area (Å²) in [5.74, 6) is 1.68.